The maximum absolute atomic E-state index is 5.99. The zero-order valence-corrected chi connectivity index (χ0v) is 14.6. The number of hydrogen-bond donors (Lipinski definition) is 2. The lowest BCUT2D eigenvalue weighted by Crippen LogP contribution is -2.40. The lowest BCUT2D eigenvalue weighted by molar-refractivity contribution is 0.129. The van der Waals surface area contributed by atoms with E-state index >= 15 is 0 Å². The highest BCUT2D eigenvalue weighted by Gasteiger charge is 2.25. The highest BCUT2D eigenvalue weighted by atomic mass is 127. The Labute approximate surface area is 139 Å². The average molecular weight is 393 g/mol. The van der Waals surface area contributed by atoms with Crippen LogP contribution >= 0.6 is 24.0 Å². The van der Waals surface area contributed by atoms with Gasteiger partial charge in [0.05, 0.1) is 6.10 Å². The van der Waals surface area contributed by atoms with Gasteiger partial charge in [-0.15, -0.1) is 30.6 Å². The molecule has 0 aromatic carbocycles. The molecule has 2 aliphatic rings. The van der Waals surface area contributed by atoms with Crippen molar-refractivity contribution in [1.29, 1.82) is 0 Å². The highest BCUT2D eigenvalue weighted by molar-refractivity contribution is 14.0. The molecular formula is C15H28IN3O. The van der Waals surface area contributed by atoms with E-state index in [2.05, 4.69) is 16.9 Å². The Morgan fingerprint density at radius 3 is 2.60 bits per heavy atom. The quantitative estimate of drug-likeness (QED) is 0.254. The first-order chi connectivity index (χ1) is 9.29. The summed E-state index contributed by atoms with van der Waals surface area (Å²) in [5.41, 5.74) is 5.99. The van der Waals surface area contributed by atoms with Crippen molar-refractivity contribution in [3.05, 3.63) is 12.7 Å². The minimum Gasteiger partial charge on any atom is -0.374 e. The third-order valence-electron chi connectivity index (χ3n) is 4.20. The smallest absolute Gasteiger partial charge is 0.188 e. The second kappa shape index (κ2) is 9.60. The van der Waals surface area contributed by atoms with Crippen LogP contribution in [0.3, 0.4) is 0 Å². The number of nitrogens with one attached hydrogen (secondary N) is 1. The predicted octanol–water partition coefficient (Wildman–Crippen LogP) is 2.82. The molecule has 0 amide bonds. The van der Waals surface area contributed by atoms with Gasteiger partial charge in [0.25, 0.3) is 0 Å². The standard InChI is InChI=1S/C15H27N3O.HI/c1-2-14-12(9-10-19-14)11-17-15(16)18-13-7-5-3-4-6-8-13;/h2,12-14H,1,3-11H2,(H3,16,17,18);1H/t12-,14-;/m0./s1. The van der Waals surface area contributed by atoms with Gasteiger partial charge in [0.1, 0.15) is 0 Å². The fourth-order valence-electron chi connectivity index (χ4n) is 3.01. The molecule has 1 saturated heterocycles. The van der Waals surface area contributed by atoms with Gasteiger partial charge in [-0.2, -0.15) is 0 Å². The summed E-state index contributed by atoms with van der Waals surface area (Å²) in [6, 6.07) is 0.515. The van der Waals surface area contributed by atoms with Crippen molar-refractivity contribution in [2.45, 2.75) is 57.1 Å². The molecule has 0 aromatic rings. The van der Waals surface area contributed by atoms with Crippen molar-refractivity contribution in [2.24, 2.45) is 16.6 Å². The average Bonchev–Trinajstić information content (AvgIpc) is 2.72. The first-order valence-corrected chi connectivity index (χ1v) is 7.60. The third kappa shape index (κ3) is 5.60. The first kappa shape index (κ1) is 17.8. The van der Waals surface area contributed by atoms with E-state index in [1.54, 1.807) is 0 Å². The van der Waals surface area contributed by atoms with Gasteiger partial charge in [-0.1, -0.05) is 31.8 Å². The molecule has 0 unspecified atom stereocenters. The summed E-state index contributed by atoms with van der Waals surface area (Å²) in [5.74, 6) is 1.04. The van der Waals surface area contributed by atoms with Gasteiger partial charge >= 0.3 is 0 Å². The van der Waals surface area contributed by atoms with Crippen LogP contribution in [0.2, 0.25) is 0 Å². The lowest BCUT2D eigenvalue weighted by Gasteiger charge is -2.18. The van der Waals surface area contributed by atoms with E-state index in [0.29, 0.717) is 17.9 Å². The van der Waals surface area contributed by atoms with Crippen molar-refractivity contribution in [3.8, 4) is 0 Å². The summed E-state index contributed by atoms with van der Waals surface area (Å²) in [7, 11) is 0. The number of rotatable bonds is 4. The maximum atomic E-state index is 5.99. The summed E-state index contributed by atoms with van der Waals surface area (Å²) < 4.78 is 5.56. The predicted molar refractivity (Wildman–Crippen MR) is 94.6 cm³/mol. The first-order valence-electron chi connectivity index (χ1n) is 7.60. The molecule has 2 rings (SSSR count). The summed E-state index contributed by atoms with van der Waals surface area (Å²) in [6.07, 6.45) is 10.8. The van der Waals surface area contributed by atoms with Gasteiger partial charge in [-0.05, 0) is 19.3 Å². The Balaban J connectivity index is 0.00000200. The van der Waals surface area contributed by atoms with Crippen LogP contribution in [0.15, 0.2) is 17.6 Å². The van der Waals surface area contributed by atoms with Crippen LogP contribution in [0.5, 0.6) is 0 Å². The van der Waals surface area contributed by atoms with Gasteiger partial charge in [0.15, 0.2) is 5.96 Å². The summed E-state index contributed by atoms with van der Waals surface area (Å²) in [4.78, 5) is 4.48. The molecule has 2 fully saturated rings. The van der Waals surface area contributed by atoms with Crippen LogP contribution in [-0.4, -0.2) is 31.3 Å². The minimum atomic E-state index is 0. The largest absolute Gasteiger partial charge is 0.374 e. The lowest BCUT2D eigenvalue weighted by atomic mass is 10.0. The third-order valence-corrected chi connectivity index (χ3v) is 4.20. The Hall–Kier alpha value is -0.300. The van der Waals surface area contributed by atoms with Crippen LogP contribution in [0.1, 0.15) is 44.9 Å². The molecule has 0 aromatic heterocycles. The fraction of sp³-hybridized carbons (Fsp3) is 0.800. The molecule has 1 aliphatic carbocycles. The molecule has 116 valence electrons. The highest BCUT2D eigenvalue weighted by Crippen LogP contribution is 2.22. The minimum absolute atomic E-state index is 0. The molecule has 0 spiro atoms. The number of ether oxygens (including phenoxy) is 1. The van der Waals surface area contributed by atoms with E-state index in [4.69, 9.17) is 10.5 Å². The Kier molecular flexibility index (Phi) is 8.52. The van der Waals surface area contributed by atoms with E-state index in [0.717, 1.165) is 19.6 Å². The molecule has 4 nitrogen and oxygen atoms in total. The number of nitrogens with zero attached hydrogens (tertiary/aromatic N) is 1. The van der Waals surface area contributed by atoms with Crippen molar-refractivity contribution in [3.63, 3.8) is 0 Å². The van der Waals surface area contributed by atoms with Gasteiger partial charge < -0.3 is 15.8 Å². The van der Waals surface area contributed by atoms with Gasteiger partial charge in [0, 0.05) is 25.1 Å². The van der Waals surface area contributed by atoms with E-state index in [9.17, 15) is 0 Å². The number of halogens is 1. The van der Waals surface area contributed by atoms with Crippen LogP contribution in [-0.2, 0) is 4.74 Å². The zero-order chi connectivity index (χ0) is 13.5. The second-order valence-corrected chi connectivity index (χ2v) is 5.68. The molecule has 1 heterocycles. The number of hydrogen-bond acceptors (Lipinski definition) is 2. The number of guanidine groups is 1. The van der Waals surface area contributed by atoms with E-state index in [1.165, 1.54) is 38.5 Å². The molecule has 1 saturated carbocycles. The normalized spacial score (nSPS) is 28.5. The van der Waals surface area contributed by atoms with Crippen LogP contribution in [0.4, 0.5) is 0 Å². The second-order valence-electron chi connectivity index (χ2n) is 5.68. The van der Waals surface area contributed by atoms with Crippen molar-refractivity contribution in [2.75, 3.05) is 13.2 Å². The van der Waals surface area contributed by atoms with Gasteiger partial charge in [-0.25, -0.2) is 0 Å². The van der Waals surface area contributed by atoms with Crippen LogP contribution in [0, 0.1) is 5.92 Å². The van der Waals surface area contributed by atoms with Gasteiger partial charge in [-0.3, -0.25) is 4.99 Å². The molecule has 1 aliphatic heterocycles. The van der Waals surface area contributed by atoms with Crippen LogP contribution in [0.25, 0.3) is 0 Å². The number of aliphatic imine (C=N–C) groups is 1. The number of nitrogens with two attached hydrogens (primary N) is 1. The van der Waals surface area contributed by atoms with Crippen molar-refractivity contribution in [1.82, 2.24) is 5.32 Å². The van der Waals surface area contributed by atoms with E-state index < -0.39 is 0 Å². The van der Waals surface area contributed by atoms with Crippen molar-refractivity contribution < 1.29 is 4.74 Å². The monoisotopic (exact) mass is 393 g/mol. The molecule has 2 atom stereocenters. The fourth-order valence-corrected chi connectivity index (χ4v) is 3.01. The molecule has 5 heteroatoms. The summed E-state index contributed by atoms with van der Waals surface area (Å²) >= 11 is 0. The van der Waals surface area contributed by atoms with Gasteiger partial charge in [0.2, 0.25) is 0 Å². The summed E-state index contributed by atoms with van der Waals surface area (Å²) in [5, 5.41) is 3.38. The van der Waals surface area contributed by atoms with E-state index in [1.807, 2.05) is 6.08 Å². The topological polar surface area (TPSA) is 59.6 Å². The molecule has 0 radical (unpaired) electrons. The molecular weight excluding hydrogens is 365 g/mol. The zero-order valence-electron chi connectivity index (χ0n) is 12.2. The molecule has 20 heavy (non-hydrogen) atoms. The molecule has 3 N–H and O–H groups in total. The molecule has 0 bridgehead atoms. The Morgan fingerprint density at radius 2 is 1.95 bits per heavy atom. The maximum Gasteiger partial charge on any atom is 0.188 e. The van der Waals surface area contributed by atoms with Crippen LogP contribution < -0.4 is 11.1 Å². The Bertz CT molecular complexity index is 314. The van der Waals surface area contributed by atoms with E-state index in [-0.39, 0.29) is 30.1 Å². The Morgan fingerprint density at radius 1 is 1.25 bits per heavy atom. The SMILES string of the molecule is C=C[C@@H]1OCC[C@H]1CN=C(N)NC1CCCCCC1.I. The van der Waals surface area contributed by atoms with Crippen molar-refractivity contribution >= 4 is 29.9 Å². The summed E-state index contributed by atoms with van der Waals surface area (Å²) in [6.45, 7) is 5.35.